The van der Waals surface area contributed by atoms with Gasteiger partial charge in [-0.3, -0.25) is 9.69 Å². The van der Waals surface area contributed by atoms with Gasteiger partial charge in [0.1, 0.15) is 5.82 Å². The van der Waals surface area contributed by atoms with Crippen molar-refractivity contribution < 1.29 is 27.5 Å². The Morgan fingerprint density at radius 2 is 1.76 bits per heavy atom. The molecule has 2 aromatic rings. The van der Waals surface area contributed by atoms with Gasteiger partial charge in [0.05, 0.1) is 12.1 Å². The van der Waals surface area contributed by atoms with Gasteiger partial charge in [-0.15, -0.1) is 0 Å². The number of piperidine rings is 1. The molecule has 0 radical (unpaired) electrons. The molecule has 1 fully saturated rings. The maximum absolute atomic E-state index is 13.1. The highest BCUT2D eigenvalue weighted by molar-refractivity contribution is 5.69. The van der Waals surface area contributed by atoms with Crippen molar-refractivity contribution in [3.63, 3.8) is 0 Å². The Balaban J connectivity index is 1.68. The fourth-order valence-electron chi connectivity index (χ4n) is 3.71. The van der Waals surface area contributed by atoms with Crippen LogP contribution in [0.5, 0.6) is 0 Å². The first-order chi connectivity index (χ1) is 13.7. The second-order valence-electron chi connectivity index (χ2n) is 7.19. The Morgan fingerprint density at radius 3 is 2.34 bits per heavy atom. The highest BCUT2D eigenvalue weighted by Gasteiger charge is 2.31. The Morgan fingerprint density at radius 1 is 1.10 bits per heavy atom. The largest absolute Gasteiger partial charge is 0.480 e. The first kappa shape index (κ1) is 21.1. The van der Waals surface area contributed by atoms with E-state index < -0.39 is 17.7 Å². The molecule has 3 rings (SSSR count). The van der Waals surface area contributed by atoms with Crippen LogP contribution in [0.3, 0.4) is 0 Å². The lowest BCUT2D eigenvalue weighted by atomic mass is 10.0. The maximum atomic E-state index is 13.1. The summed E-state index contributed by atoms with van der Waals surface area (Å²) in [5.74, 6) is -1.32. The molecule has 0 saturated carbocycles. The lowest BCUT2D eigenvalue weighted by Gasteiger charge is -2.39. The normalized spacial score (nSPS) is 15.7. The summed E-state index contributed by atoms with van der Waals surface area (Å²) < 4.78 is 52.0. The summed E-state index contributed by atoms with van der Waals surface area (Å²) in [5, 5.41) is 9.26. The van der Waals surface area contributed by atoms with Crippen molar-refractivity contribution >= 4 is 11.7 Å². The van der Waals surface area contributed by atoms with E-state index in [1.165, 1.54) is 18.2 Å². The highest BCUT2D eigenvalue weighted by Crippen LogP contribution is 2.30. The topological polar surface area (TPSA) is 43.8 Å². The van der Waals surface area contributed by atoms with Crippen LogP contribution in [-0.4, -0.2) is 41.7 Å². The monoisotopic (exact) mass is 410 g/mol. The van der Waals surface area contributed by atoms with Gasteiger partial charge < -0.3 is 10.0 Å². The Bertz CT molecular complexity index is 831. The third-order valence-corrected chi connectivity index (χ3v) is 5.15. The van der Waals surface area contributed by atoms with Crippen LogP contribution in [0.1, 0.15) is 24.0 Å². The number of carboxylic acids is 1. The van der Waals surface area contributed by atoms with Crippen molar-refractivity contribution in [2.45, 2.75) is 31.6 Å². The molecular formula is C21H22F4N2O2. The molecule has 0 atom stereocenters. The summed E-state index contributed by atoms with van der Waals surface area (Å²) in [5.41, 5.74) is 0.589. The number of nitrogens with zero attached hydrogens (tertiary/aromatic N) is 2. The number of carboxylic acid groups (broad SMARTS) is 1. The van der Waals surface area contributed by atoms with Crippen molar-refractivity contribution in [1.82, 2.24) is 4.90 Å². The minimum absolute atomic E-state index is 0.0580. The Kier molecular flexibility index (Phi) is 6.42. The minimum atomic E-state index is -4.44. The third kappa shape index (κ3) is 5.69. The van der Waals surface area contributed by atoms with Crippen LogP contribution in [0.2, 0.25) is 0 Å². The van der Waals surface area contributed by atoms with Crippen LogP contribution in [0.25, 0.3) is 0 Å². The predicted molar refractivity (Wildman–Crippen MR) is 101 cm³/mol. The molecule has 8 heteroatoms. The second kappa shape index (κ2) is 8.82. The van der Waals surface area contributed by atoms with E-state index in [1.807, 2.05) is 0 Å². The number of carbonyl (C=O) groups is 1. The quantitative estimate of drug-likeness (QED) is 0.717. The van der Waals surface area contributed by atoms with Gasteiger partial charge in [0.15, 0.2) is 0 Å². The molecule has 0 aliphatic carbocycles. The van der Waals surface area contributed by atoms with Crippen LogP contribution in [0, 0.1) is 5.82 Å². The zero-order valence-electron chi connectivity index (χ0n) is 15.7. The number of benzene rings is 2. The van der Waals surface area contributed by atoms with E-state index in [4.69, 9.17) is 0 Å². The van der Waals surface area contributed by atoms with E-state index in [0.29, 0.717) is 31.5 Å². The number of rotatable bonds is 6. The number of hydrogen-bond donors (Lipinski definition) is 1. The minimum Gasteiger partial charge on any atom is -0.480 e. The lowest BCUT2D eigenvalue weighted by molar-refractivity contribution is -0.140. The van der Waals surface area contributed by atoms with Gasteiger partial charge in [-0.1, -0.05) is 18.2 Å². The molecule has 0 bridgehead atoms. The Labute approximate surface area is 166 Å². The van der Waals surface area contributed by atoms with E-state index in [0.717, 1.165) is 17.8 Å². The zero-order chi connectivity index (χ0) is 21.0. The van der Waals surface area contributed by atoms with Gasteiger partial charge in [-0.2, -0.15) is 13.2 Å². The highest BCUT2D eigenvalue weighted by atomic mass is 19.4. The van der Waals surface area contributed by atoms with Crippen LogP contribution in [0.15, 0.2) is 48.5 Å². The molecule has 156 valence electrons. The summed E-state index contributed by atoms with van der Waals surface area (Å²) in [6, 6.07) is 11.1. The van der Waals surface area contributed by atoms with E-state index in [2.05, 4.69) is 4.90 Å². The summed E-state index contributed by atoms with van der Waals surface area (Å²) in [4.78, 5) is 15.1. The van der Waals surface area contributed by atoms with Gasteiger partial charge in [0.25, 0.3) is 0 Å². The van der Waals surface area contributed by atoms with Crippen LogP contribution >= 0.6 is 0 Å². The zero-order valence-corrected chi connectivity index (χ0v) is 15.7. The summed E-state index contributed by atoms with van der Waals surface area (Å²) in [6.07, 6.45) is -3.10. The molecule has 4 nitrogen and oxygen atoms in total. The van der Waals surface area contributed by atoms with Gasteiger partial charge >= 0.3 is 12.1 Å². The fraction of sp³-hybridized carbons (Fsp3) is 0.381. The van der Waals surface area contributed by atoms with E-state index in [-0.39, 0.29) is 24.9 Å². The first-order valence-corrected chi connectivity index (χ1v) is 9.35. The molecule has 1 aliphatic rings. The second-order valence-corrected chi connectivity index (χ2v) is 7.19. The van der Waals surface area contributed by atoms with Crippen LogP contribution in [0.4, 0.5) is 23.2 Å². The molecule has 1 heterocycles. The van der Waals surface area contributed by atoms with Crippen LogP contribution in [-0.2, 0) is 17.5 Å². The van der Waals surface area contributed by atoms with Crippen molar-refractivity contribution in [1.29, 1.82) is 0 Å². The van der Waals surface area contributed by atoms with Crippen molar-refractivity contribution in [3.05, 3.63) is 65.5 Å². The van der Waals surface area contributed by atoms with Crippen molar-refractivity contribution in [2.75, 3.05) is 24.5 Å². The lowest BCUT2D eigenvalue weighted by Crippen LogP contribution is -2.46. The van der Waals surface area contributed by atoms with Crippen molar-refractivity contribution in [3.8, 4) is 0 Å². The van der Waals surface area contributed by atoms with Crippen LogP contribution < -0.4 is 4.90 Å². The average molecular weight is 410 g/mol. The molecule has 0 spiro atoms. The SMILES string of the molecule is O=C(O)CN(Cc1cccc(C(F)(F)F)c1)C1CCN(c2ccc(F)cc2)CC1. The van der Waals surface area contributed by atoms with Gasteiger partial charge in [0, 0.05) is 31.4 Å². The summed E-state index contributed by atoms with van der Waals surface area (Å²) in [7, 11) is 0. The summed E-state index contributed by atoms with van der Waals surface area (Å²) >= 11 is 0. The number of aliphatic carboxylic acids is 1. The number of halogens is 4. The molecule has 0 unspecified atom stereocenters. The third-order valence-electron chi connectivity index (χ3n) is 5.15. The summed E-state index contributed by atoms with van der Waals surface area (Å²) in [6.45, 7) is 1.22. The van der Waals surface area contributed by atoms with E-state index >= 15 is 0 Å². The van der Waals surface area contributed by atoms with Gasteiger partial charge in [-0.05, 0) is 48.7 Å². The molecule has 29 heavy (non-hydrogen) atoms. The standard InChI is InChI=1S/C21H22F4N2O2/c22-17-4-6-18(7-5-17)26-10-8-19(9-11-26)27(14-20(28)29)13-15-2-1-3-16(12-15)21(23,24)25/h1-7,12,19H,8-11,13-14H2,(H,28,29). The van der Waals surface area contributed by atoms with Gasteiger partial charge in [0.2, 0.25) is 0 Å². The molecule has 1 aliphatic heterocycles. The van der Waals surface area contributed by atoms with Gasteiger partial charge in [-0.25, -0.2) is 4.39 Å². The molecule has 1 saturated heterocycles. The maximum Gasteiger partial charge on any atom is 0.416 e. The van der Waals surface area contributed by atoms with Crippen molar-refractivity contribution in [2.24, 2.45) is 0 Å². The number of anilines is 1. The molecule has 0 aromatic heterocycles. The molecule has 2 aromatic carbocycles. The fourth-order valence-corrected chi connectivity index (χ4v) is 3.71. The number of alkyl halides is 3. The Hall–Kier alpha value is -2.61. The van der Waals surface area contributed by atoms with E-state index in [1.54, 1.807) is 23.1 Å². The smallest absolute Gasteiger partial charge is 0.416 e. The average Bonchev–Trinajstić information content (AvgIpc) is 2.67. The number of hydrogen-bond acceptors (Lipinski definition) is 3. The molecule has 1 N–H and O–H groups in total. The predicted octanol–water partition coefficient (Wildman–Crippen LogP) is 4.40. The van der Waals surface area contributed by atoms with E-state index in [9.17, 15) is 27.5 Å². The first-order valence-electron chi connectivity index (χ1n) is 9.35. The molecular weight excluding hydrogens is 388 g/mol. The molecule has 0 amide bonds.